The predicted octanol–water partition coefficient (Wildman–Crippen LogP) is 2.55. The number of nitrogens with one attached hydrogen (secondary N) is 1. The predicted molar refractivity (Wildman–Crippen MR) is 62.3 cm³/mol. The Balaban J connectivity index is 1.92. The van der Waals surface area contributed by atoms with Gasteiger partial charge in [-0.05, 0) is 17.5 Å². The molecule has 0 aliphatic carbocycles. The van der Waals surface area contributed by atoms with E-state index in [4.69, 9.17) is 4.74 Å². The third-order valence-electron chi connectivity index (χ3n) is 2.93. The van der Waals surface area contributed by atoms with Gasteiger partial charge in [-0.3, -0.25) is 0 Å². The van der Waals surface area contributed by atoms with Crippen LogP contribution in [0.2, 0.25) is 0 Å². The molecule has 0 radical (unpaired) electrons. The molecule has 17 heavy (non-hydrogen) atoms. The van der Waals surface area contributed by atoms with E-state index >= 15 is 0 Å². The van der Waals surface area contributed by atoms with Crippen LogP contribution in [-0.2, 0) is 11.2 Å². The van der Waals surface area contributed by atoms with Gasteiger partial charge < -0.3 is 10.1 Å². The van der Waals surface area contributed by atoms with Crippen LogP contribution in [0.5, 0.6) is 0 Å². The summed E-state index contributed by atoms with van der Waals surface area (Å²) in [6.07, 6.45) is -1.77. The van der Waals surface area contributed by atoms with E-state index in [2.05, 4.69) is 5.32 Å². The summed E-state index contributed by atoms with van der Waals surface area (Å²) in [5.41, 5.74) is 2.07. The molecule has 0 saturated carbocycles. The molecule has 1 atom stereocenters. The van der Waals surface area contributed by atoms with E-state index in [0.717, 1.165) is 30.8 Å². The van der Waals surface area contributed by atoms with Gasteiger partial charge in [-0.15, -0.1) is 0 Å². The molecule has 1 unspecified atom stereocenters. The Morgan fingerprint density at radius 3 is 2.65 bits per heavy atom. The molecular weight excluding hydrogens is 224 g/mol. The number of alkyl halides is 2. The van der Waals surface area contributed by atoms with Crippen molar-refractivity contribution >= 4 is 0 Å². The first-order valence-electron chi connectivity index (χ1n) is 5.95. The maximum absolute atomic E-state index is 12.1. The van der Waals surface area contributed by atoms with Gasteiger partial charge in [0, 0.05) is 19.5 Å². The van der Waals surface area contributed by atoms with Crippen molar-refractivity contribution in [3.63, 3.8) is 0 Å². The zero-order valence-corrected chi connectivity index (χ0v) is 9.66. The van der Waals surface area contributed by atoms with Crippen LogP contribution in [0.25, 0.3) is 0 Å². The summed E-state index contributed by atoms with van der Waals surface area (Å²) in [6.45, 7) is 2.43. The van der Waals surface area contributed by atoms with Crippen molar-refractivity contribution in [3.05, 3.63) is 35.4 Å². The van der Waals surface area contributed by atoms with Gasteiger partial charge in [0.1, 0.15) is 0 Å². The van der Waals surface area contributed by atoms with Gasteiger partial charge in [0.05, 0.1) is 12.7 Å². The van der Waals surface area contributed by atoms with Crippen LogP contribution < -0.4 is 5.32 Å². The van der Waals surface area contributed by atoms with Crippen LogP contribution in [0, 0.1) is 0 Å². The Morgan fingerprint density at radius 1 is 1.29 bits per heavy atom. The van der Waals surface area contributed by atoms with Crippen LogP contribution in [0.4, 0.5) is 8.78 Å². The quantitative estimate of drug-likeness (QED) is 0.874. The average Bonchev–Trinajstić information content (AvgIpc) is 2.38. The van der Waals surface area contributed by atoms with Crippen molar-refractivity contribution in [3.8, 4) is 0 Å². The second-order valence-electron chi connectivity index (χ2n) is 4.23. The number of rotatable bonds is 4. The molecule has 1 aromatic carbocycles. The van der Waals surface area contributed by atoms with Gasteiger partial charge in [0.15, 0.2) is 0 Å². The summed E-state index contributed by atoms with van der Waals surface area (Å²) >= 11 is 0. The third-order valence-corrected chi connectivity index (χ3v) is 2.93. The second-order valence-corrected chi connectivity index (χ2v) is 4.23. The molecule has 1 aromatic rings. The van der Waals surface area contributed by atoms with E-state index in [1.54, 1.807) is 0 Å². The molecule has 2 nitrogen and oxygen atoms in total. The van der Waals surface area contributed by atoms with Crippen LogP contribution in [0.1, 0.15) is 23.7 Å². The van der Waals surface area contributed by atoms with Crippen molar-refractivity contribution < 1.29 is 13.5 Å². The molecule has 94 valence electrons. The minimum absolute atomic E-state index is 0.0686. The highest BCUT2D eigenvalue weighted by Crippen LogP contribution is 2.19. The standard InChI is InChI=1S/C13H17F2NO/c14-13(15)6-3-10-1-4-11(5-2-10)12-9-16-7-8-17-12/h1-2,4-5,12-13,16H,3,6-9H2. The van der Waals surface area contributed by atoms with E-state index in [0.29, 0.717) is 6.42 Å². The molecule has 0 spiro atoms. The van der Waals surface area contributed by atoms with E-state index in [1.807, 2.05) is 24.3 Å². The summed E-state index contributed by atoms with van der Waals surface area (Å²) in [7, 11) is 0. The molecule has 4 heteroatoms. The van der Waals surface area contributed by atoms with Crippen molar-refractivity contribution in [1.82, 2.24) is 5.32 Å². The SMILES string of the molecule is FC(F)CCc1ccc(C2CNCCO2)cc1. The lowest BCUT2D eigenvalue weighted by atomic mass is 10.0. The molecule has 1 N–H and O–H groups in total. The third kappa shape index (κ3) is 3.75. The van der Waals surface area contributed by atoms with Crippen molar-refractivity contribution in [2.75, 3.05) is 19.7 Å². The van der Waals surface area contributed by atoms with Crippen LogP contribution in [-0.4, -0.2) is 26.1 Å². The number of morpholine rings is 1. The molecule has 1 saturated heterocycles. The number of benzene rings is 1. The first kappa shape index (κ1) is 12.5. The minimum atomic E-state index is -2.22. The van der Waals surface area contributed by atoms with Gasteiger partial charge >= 0.3 is 0 Å². The molecule has 0 bridgehead atoms. The fourth-order valence-electron chi connectivity index (χ4n) is 1.95. The highest BCUT2D eigenvalue weighted by atomic mass is 19.3. The smallest absolute Gasteiger partial charge is 0.239 e. The van der Waals surface area contributed by atoms with E-state index in [9.17, 15) is 8.78 Å². The Hall–Kier alpha value is -1.00. The van der Waals surface area contributed by atoms with Crippen LogP contribution >= 0.6 is 0 Å². The van der Waals surface area contributed by atoms with E-state index in [-0.39, 0.29) is 12.5 Å². The van der Waals surface area contributed by atoms with Crippen LogP contribution in [0.3, 0.4) is 0 Å². The average molecular weight is 241 g/mol. The molecular formula is C13H17F2NO. The monoisotopic (exact) mass is 241 g/mol. The highest BCUT2D eigenvalue weighted by Gasteiger charge is 2.15. The molecule has 1 fully saturated rings. The summed E-state index contributed by atoms with van der Waals surface area (Å²) in [5.74, 6) is 0. The Labute approximate surface area is 100.0 Å². The lowest BCUT2D eigenvalue weighted by Gasteiger charge is -2.24. The number of halogens is 2. The Morgan fingerprint density at radius 2 is 2.06 bits per heavy atom. The second kappa shape index (κ2) is 6.07. The maximum Gasteiger partial charge on any atom is 0.239 e. The van der Waals surface area contributed by atoms with E-state index < -0.39 is 6.43 Å². The largest absolute Gasteiger partial charge is 0.371 e. The normalized spacial score (nSPS) is 20.8. The number of hydrogen-bond donors (Lipinski definition) is 1. The van der Waals surface area contributed by atoms with Gasteiger partial charge in [0.2, 0.25) is 6.43 Å². The summed E-state index contributed by atoms with van der Waals surface area (Å²) in [6, 6.07) is 7.77. The summed E-state index contributed by atoms with van der Waals surface area (Å²) in [4.78, 5) is 0. The molecule has 0 amide bonds. The maximum atomic E-state index is 12.1. The lowest BCUT2D eigenvalue weighted by molar-refractivity contribution is 0.0277. The summed E-state index contributed by atoms with van der Waals surface area (Å²) in [5, 5.41) is 3.26. The van der Waals surface area contributed by atoms with Gasteiger partial charge in [0.25, 0.3) is 0 Å². The summed E-state index contributed by atoms with van der Waals surface area (Å²) < 4.78 is 29.7. The number of hydrogen-bond acceptors (Lipinski definition) is 2. The van der Waals surface area contributed by atoms with Gasteiger partial charge in [-0.25, -0.2) is 8.78 Å². The Bertz CT molecular complexity index is 334. The number of ether oxygens (including phenoxy) is 1. The van der Waals surface area contributed by atoms with Crippen molar-refractivity contribution in [1.29, 1.82) is 0 Å². The van der Waals surface area contributed by atoms with Gasteiger partial charge in [-0.2, -0.15) is 0 Å². The van der Waals surface area contributed by atoms with E-state index in [1.165, 1.54) is 0 Å². The van der Waals surface area contributed by atoms with Crippen molar-refractivity contribution in [2.45, 2.75) is 25.4 Å². The molecule has 0 aromatic heterocycles. The fourth-order valence-corrected chi connectivity index (χ4v) is 1.95. The number of aryl methyl sites for hydroxylation is 1. The lowest BCUT2D eigenvalue weighted by Crippen LogP contribution is -2.33. The molecule has 2 rings (SSSR count). The molecule has 1 aliphatic rings. The fraction of sp³-hybridized carbons (Fsp3) is 0.538. The highest BCUT2D eigenvalue weighted by molar-refractivity contribution is 5.25. The Kier molecular flexibility index (Phi) is 4.45. The zero-order chi connectivity index (χ0) is 12.1. The van der Waals surface area contributed by atoms with Crippen molar-refractivity contribution in [2.24, 2.45) is 0 Å². The topological polar surface area (TPSA) is 21.3 Å². The zero-order valence-electron chi connectivity index (χ0n) is 9.66. The molecule has 1 heterocycles. The minimum Gasteiger partial charge on any atom is -0.371 e. The van der Waals surface area contributed by atoms with Gasteiger partial charge in [-0.1, -0.05) is 24.3 Å². The first-order valence-corrected chi connectivity index (χ1v) is 5.95. The first-order chi connectivity index (χ1) is 8.25. The molecule has 1 aliphatic heterocycles. The van der Waals surface area contributed by atoms with Crippen LogP contribution in [0.15, 0.2) is 24.3 Å².